The molecular weight excluding hydrogens is 208 g/mol. The number of hydrogen-bond donors (Lipinski definition) is 1. The molecule has 0 spiro atoms. The molecule has 1 fully saturated rings. The van der Waals surface area contributed by atoms with Gasteiger partial charge < -0.3 is 5.73 Å². The summed E-state index contributed by atoms with van der Waals surface area (Å²) in [5.74, 6) is 1.60. The van der Waals surface area contributed by atoms with Crippen LogP contribution < -0.4 is 5.73 Å². The molecule has 0 heterocycles. The molecule has 0 aromatic rings. The minimum absolute atomic E-state index is 0.312. The van der Waals surface area contributed by atoms with Crippen molar-refractivity contribution < 1.29 is 0 Å². The van der Waals surface area contributed by atoms with E-state index >= 15 is 0 Å². The third kappa shape index (κ3) is 3.03. The molecule has 17 heavy (non-hydrogen) atoms. The summed E-state index contributed by atoms with van der Waals surface area (Å²) in [6.07, 6.45) is 6.62. The molecule has 1 aliphatic rings. The van der Waals surface area contributed by atoms with Gasteiger partial charge in [-0.2, -0.15) is 0 Å². The van der Waals surface area contributed by atoms with Crippen LogP contribution in [-0.2, 0) is 0 Å². The van der Waals surface area contributed by atoms with Crippen LogP contribution in [0.3, 0.4) is 0 Å². The zero-order valence-corrected chi connectivity index (χ0v) is 12.3. The van der Waals surface area contributed by atoms with E-state index in [1.807, 2.05) is 0 Å². The highest BCUT2D eigenvalue weighted by Gasteiger charge is 2.44. The average molecular weight is 240 g/mol. The third-order valence-corrected chi connectivity index (χ3v) is 5.01. The summed E-state index contributed by atoms with van der Waals surface area (Å²) in [5.41, 5.74) is 6.50. The first kappa shape index (κ1) is 15.0. The van der Waals surface area contributed by atoms with Gasteiger partial charge in [0.05, 0.1) is 0 Å². The van der Waals surface area contributed by atoms with Crippen molar-refractivity contribution in [2.45, 2.75) is 65.3 Å². The Labute approximate surface area is 108 Å². The monoisotopic (exact) mass is 240 g/mol. The fourth-order valence-corrected chi connectivity index (χ4v) is 3.66. The molecule has 1 rings (SSSR count). The summed E-state index contributed by atoms with van der Waals surface area (Å²) >= 11 is 0. The van der Waals surface area contributed by atoms with Crippen LogP contribution in [0.15, 0.2) is 0 Å². The van der Waals surface area contributed by atoms with Crippen molar-refractivity contribution in [1.82, 2.24) is 4.90 Å². The summed E-state index contributed by atoms with van der Waals surface area (Å²) in [4.78, 5) is 2.70. The molecule has 0 radical (unpaired) electrons. The van der Waals surface area contributed by atoms with Crippen molar-refractivity contribution in [2.75, 3.05) is 19.6 Å². The van der Waals surface area contributed by atoms with Crippen LogP contribution in [0.4, 0.5) is 0 Å². The van der Waals surface area contributed by atoms with Gasteiger partial charge in [0.2, 0.25) is 0 Å². The highest BCUT2D eigenvalue weighted by Crippen LogP contribution is 2.42. The molecule has 2 N–H and O–H groups in total. The lowest BCUT2D eigenvalue weighted by Crippen LogP contribution is -2.57. The molecule has 0 saturated heterocycles. The van der Waals surface area contributed by atoms with E-state index in [-0.39, 0.29) is 0 Å². The minimum Gasteiger partial charge on any atom is -0.329 e. The molecule has 1 aliphatic carbocycles. The predicted molar refractivity (Wildman–Crippen MR) is 76.1 cm³/mol. The normalized spacial score (nSPS) is 31.1. The summed E-state index contributed by atoms with van der Waals surface area (Å²) in [6.45, 7) is 12.5. The van der Waals surface area contributed by atoms with E-state index in [4.69, 9.17) is 5.73 Å². The van der Waals surface area contributed by atoms with Gasteiger partial charge in [-0.1, -0.05) is 47.0 Å². The highest BCUT2D eigenvalue weighted by atomic mass is 15.2. The van der Waals surface area contributed by atoms with Crippen LogP contribution in [0.25, 0.3) is 0 Å². The zero-order valence-electron chi connectivity index (χ0n) is 12.3. The molecule has 0 amide bonds. The quantitative estimate of drug-likeness (QED) is 0.740. The second kappa shape index (κ2) is 6.75. The van der Waals surface area contributed by atoms with Crippen LogP contribution in [0, 0.1) is 11.8 Å². The van der Waals surface area contributed by atoms with Gasteiger partial charge >= 0.3 is 0 Å². The summed E-state index contributed by atoms with van der Waals surface area (Å²) < 4.78 is 0. The number of nitrogens with zero attached hydrogens (tertiary/aromatic N) is 1. The molecule has 0 bridgehead atoms. The fraction of sp³-hybridized carbons (Fsp3) is 1.00. The van der Waals surface area contributed by atoms with E-state index in [9.17, 15) is 0 Å². The van der Waals surface area contributed by atoms with E-state index in [1.54, 1.807) is 0 Å². The maximum atomic E-state index is 6.19. The second-order valence-electron chi connectivity index (χ2n) is 5.86. The van der Waals surface area contributed by atoms with Gasteiger partial charge in [0.1, 0.15) is 0 Å². The summed E-state index contributed by atoms with van der Waals surface area (Å²) in [5, 5.41) is 0. The first-order valence-electron chi connectivity index (χ1n) is 7.59. The van der Waals surface area contributed by atoms with Crippen molar-refractivity contribution in [3.8, 4) is 0 Å². The number of likely N-dealkylation sites (N-methyl/N-ethyl adjacent to an activating group) is 1. The second-order valence-corrected chi connectivity index (χ2v) is 5.86. The van der Waals surface area contributed by atoms with Crippen LogP contribution in [-0.4, -0.2) is 30.1 Å². The molecule has 1 saturated carbocycles. The number of rotatable bonds is 7. The van der Waals surface area contributed by atoms with Gasteiger partial charge in [-0.15, -0.1) is 0 Å². The van der Waals surface area contributed by atoms with Crippen LogP contribution in [0.5, 0.6) is 0 Å². The van der Waals surface area contributed by atoms with E-state index in [0.29, 0.717) is 5.54 Å². The first-order chi connectivity index (χ1) is 8.14. The molecule has 2 nitrogen and oxygen atoms in total. The lowest BCUT2D eigenvalue weighted by Gasteiger charge is -2.45. The molecule has 3 atom stereocenters. The molecule has 2 heteroatoms. The fourth-order valence-electron chi connectivity index (χ4n) is 3.66. The summed E-state index contributed by atoms with van der Waals surface area (Å²) in [7, 11) is 0. The Hall–Kier alpha value is -0.0800. The number of nitrogens with two attached hydrogens (primary N) is 1. The Kier molecular flexibility index (Phi) is 5.94. The molecule has 3 unspecified atom stereocenters. The van der Waals surface area contributed by atoms with Gasteiger partial charge in [0.25, 0.3) is 0 Å². The molecular formula is C15H32N2. The highest BCUT2D eigenvalue weighted by molar-refractivity contribution is 5.01. The van der Waals surface area contributed by atoms with Gasteiger partial charge in [-0.05, 0) is 31.2 Å². The maximum Gasteiger partial charge on any atom is 0.0359 e. The zero-order chi connectivity index (χ0) is 12.9. The van der Waals surface area contributed by atoms with E-state index < -0.39 is 0 Å². The Balaban J connectivity index is 2.81. The SMILES string of the molecule is CCC(C)CN(CC)C1(CN)CCCC1CC. The van der Waals surface area contributed by atoms with Crippen LogP contribution in [0.2, 0.25) is 0 Å². The Morgan fingerprint density at radius 1 is 1.35 bits per heavy atom. The smallest absolute Gasteiger partial charge is 0.0359 e. The van der Waals surface area contributed by atoms with Gasteiger partial charge in [0.15, 0.2) is 0 Å². The average Bonchev–Trinajstić information content (AvgIpc) is 2.79. The lowest BCUT2D eigenvalue weighted by molar-refractivity contribution is 0.0473. The largest absolute Gasteiger partial charge is 0.329 e. The predicted octanol–water partition coefficient (Wildman–Crippen LogP) is 3.26. The standard InChI is InChI=1S/C15H32N2/c1-5-13(4)11-17(7-3)15(12-16)10-8-9-14(15)6-2/h13-14H,5-12,16H2,1-4H3. The Morgan fingerprint density at radius 3 is 2.53 bits per heavy atom. The van der Waals surface area contributed by atoms with Crippen molar-refractivity contribution >= 4 is 0 Å². The van der Waals surface area contributed by atoms with Crippen molar-refractivity contribution in [2.24, 2.45) is 17.6 Å². The molecule has 0 aliphatic heterocycles. The minimum atomic E-state index is 0.312. The molecule has 0 aromatic carbocycles. The Morgan fingerprint density at radius 2 is 2.06 bits per heavy atom. The van der Waals surface area contributed by atoms with Crippen LogP contribution in [0.1, 0.15) is 59.8 Å². The van der Waals surface area contributed by atoms with Gasteiger partial charge in [-0.25, -0.2) is 0 Å². The van der Waals surface area contributed by atoms with E-state index in [0.717, 1.165) is 24.9 Å². The van der Waals surface area contributed by atoms with Crippen molar-refractivity contribution in [3.63, 3.8) is 0 Å². The van der Waals surface area contributed by atoms with Crippen molar-refractivity contribution in [3.05, 3.63) is 0 Å². The van der Waals surface area contributed by atoms with Crippen molar-refractivity contribution in [1.29, 1.82) is 0 Å². The topological polar surface area (TPSA) is 29.3 Å². The Bertz CT molecular complexity index is 217. The van der Waals surface area contributed by atoms with Crippen LogP contribution >= 0.6 is 0 Å². The maximum absolute atomic E-state index is 6.19. The lowest BCUT2D eigenvalue weighted by atomic mass is 9.82. The third-order valence-electron chi connectivity index (χ3n) is 5.01. The number of hydrogen-bond acceptors (Lipinski definition) is 2. The molecule has 102 valence electrons. The molecule has 0 aromatic heterocycles. The van der Waals surface area contributed by atoms with E-state index in [1.165, 1.54) is 38.6 Å². The van der Waals surface area contributed by atoms with Gasteiger partial charge in [0, 0.05) is 18.6 Å². The first-order valence-corrected chi connectivity index (χ1v) is 7.59. The van der Waals surface area contributed by atoms with Gasteiger partial charge in [-0.3, -0.25) is 4.90 Å². The summed E-state index contributed by atoms with van der Waals surface area (Å²) in [6, 6.07) is 0. The van der Waals surface area contributed by atoms with E-state index in [2.05, 4.69) is 32.6 Å².